The second kappa shape index (κ2) is 4.51. The van der Waals surface area contributed by atoms with Gasteiger partial charge in [0, 0.05) is 0 Å². The van der Waals surface area contributed by atoms with Crippen molar-refractivity contribution in [3.63, 3.8) is 0 Å². The van der Waals surface area contributed by atoms with Crippen LogP contribution in [0.25, 0.3) is 0 Å². The molecule has 0 spiro atoms. The topological polar surface area (TPSA) is 26.3 Å². The molecule has 0 radical (unpaired) electrons. The van der Waals surface area contributed by atoms with Crippen molar-refractivity contribution in [2.45, 2.75) is 13.1 Å². The van der Waals surface area contributed by atoms with E-state index in [1.165, 1.54) is 6.92 Å². The maximum absolute atomic E-state index is 12.7. The predicted molar refractivity (Wildman–Crippen MR) is 47.6 cm³/mol. The van der Waals surface area contributed by atoms with Crippen molar-refractivity contribution in [2.24, 2.45) is 0 Å². The molecule has 88 valence electrons. The summed E-state index contributed by atoms with van der Waals surface area (Å²) in [4.78, 5) is 10.6. The van der Waals surface area contributed by atoms with Crippen molar-refractivity contribution in [3.8, 4) is 5.75 Å². The summed E-state index contributed by atoms with van der Waals surface area (Å²) in [5.74, 6) is -1.98. The van der Waals surface area contributed by atoms with Gasteiger partial charge in [-0.25, -0.2) is 4.39 Å². The highest BCUT2D eigenvalue weighted by molar-refractivity contribution is 5.77. The van der Waals surface area contributed by atoms with Gasteiger partial charge >= 0.3 is 6.18 Å². The number of alkyl halides is 3. The minimum absolute atomic E-state index is 0.329. The van der Waals surface area contributed by atoms with Gasteiger partial charge in [-0.1, -0.05) is 0 Å². The molecular formula is C10H8F4O2. The van der Waals surface area contributed by atoms with Crippen LogP contribution in [0.3, 0.4) is 0 Å². The second-order valence-electron chi connectivity index (χ2n) is 3.13. The van der Waals surface area contributed by atoms with Gasteiger partial charge in [0.1, 0.15) is 23.7 Å². The molecule has 0 atom stereocenters. The number of rotatable bonds is 3. The highest BCUT2D eigenvalue weighted by atomic mass is 19.4. The van der Waals surface area contributed by atoms with E-state index in [2.05, 4.69) is 4.74 Å². The Morgan fingerprint density at radius 1 is 1.38 bits per heavy atom. The monoisotopic (exact) mass is 236 g/mol. The lowest BCUT2D eigenvalue weighted by atomic mass is 10.2. The highest BCUT2D eigenvalue weighted by Crippen LogP contribution is 2.36. The van der Waals surface area contributed by atoms with Crippen LogP contribution in [0.5, 0.6) is 5.75 Å². The van der Waals surface area contributed by atoms with E-state index in [4.69, 9.17) is 0 Å². The van der Waals surface area contributed by atoms with Gasteiger partial charge in [0.05, 0.1) is 0 Å². The van der Waals surface area contributed by atoms with Gasteiger partial charge in [-0.3, -0.25) is 4.79 Å². The van der Waals surface area contributed by atoms with Crippen molar-refractivity contribution < 1.29 is 27.1 Å². The summed E-state index contributed by atoms with van der Waals surface area (Å²) < 4.78 is 54.6. The first-order valence-corrected chi connectivity index (χ1v) is 4.29. The van der Waals surface area contributed by atoms with E-state index in [1.54, 1.807) is 0 Å². The summed E-state index contributed by atoms with van der Waals surface area (Å²) in [5.41, 5.74) is -1.23. The molecular weight excluding hydrogens is 228 g/mol. The molecule has 0 aliphatic carbocycles. The van der Waals surface area contributed by atoms with Crippen molar-refractivity contribution in [3.05, 3.63) is 29.6 Å². The quantitative estimate of drug-likeness (QED) is 0.754. The fraction of sp³-hybridized carbons (Fsp3) is 0.300. The molecule has 1 aromatic carbocycles. The molecule has 0 aromatic heterocycles. The third kappa shape index (κ3) is 3.22. The van der Waals surface area contributed by atoms with E-state index in [0.29, 0.717) is 6.07 Å². The Hall–Kier alpha value is -1.59. The standard InChI is InChI=1S/C10H8F4O2/c1-6(15)5-16-9-3-2-7(11)4-8(9)10(12,13)14/h2-4H,5H2,1H3. The molecule has 0 amide bonds. The van der Waals surface area contributed by atoms with Gasteiger partial charge in [-0.15, -0.1) is 0 Å². The van der Waals surface area contributed by atoms with E-state index >= 15 is 0 Å². The number of Topliss-reactive ketones (excluding diaryl/α,β-unsaturated/α-hetero) is 1. The first-order chi connectivity index (χ1) is 7.30. The van der Waals surface area contributed by atoms with E-state index in [0.717, 1.165) is 12.1 Å². The Kier molecular flexibility index (Phi) is 3.51. The molecule has 0 fully saturated rings. The fourth-order valence-corrected chi connectivity index (χ4v) is 1.03. The van der Waals surface area contributed by atoms with Crippen molar-refractivity contribution in [1.29, 1.82) is 0 Å². The summed E-state index contributed by atoms with van der Waals surface area (Å²) >= 11 is 0. The van der Waals surface area contributed by atoms with E-state index in [9.17, 15) is 22.4 Å². The van der Waals surface area contributed by atoms with Crippen LogP contribution in [0.1, 0.15) is 12.5 Å². The van der Waals surface area contributed by atoms with Crippen LogP contribution in [0.4, 0.5) is 17.6 Å². The highest BCUT2D eigenvalue weighted by Gasteiger charge is 2.34. The summed E-state index contributed by atoms with van der Waals surface area (Å²) in [7, 11) is 0. The Morgan fingerprint density at radius 3 is 2.50 bits per heavy atom. The molecule has 0 heterocycles. The molecule has 0 N–H and O–H groups in total. The number of hydrogen-bond acceptors (Lipinski definition) is 2. The van der Waals surface area contributed by atoms with Gasteiger partial charge in [-0.2, -0.15) is 13.2 Å². The smallest absolute Gasteiger partial charge is 0.420 e. The Balaban J connectivity index is 3.03. The minimum atomic E-state index is -4.71. The summed E-state index contributed by atoms with van der Waals surface area (Å²) in [6.45, 7) is 0.700. The fourth-order valence-electron chi connectivity index (χ4n) is 1.03. The molecule has 0 saturated heterocycles. The number of benzene rings is 1. The minimum Gasteiger partial charge on any atom is -0.485 e. The zero-order chi connectivity index (χ0) is 12.3. The maximum Gasteiger partial charge on any atom is 0.420 e. The average molecular weight is 236 g/mol. The van der Waals surface area contributed by atoms with E-state index < -0.39 is 35.7 Å². The molecule has 0 bridgehead atoms. The molecule has 16 heavy (non-hydrogen) atoms. The van der Waals surface area contributed by atoms with Gasteiger partial charge < -0.3 is 4.74 Å². The lowest BCUT2D eigenvalue weighted by Crippen LogP contribution is -2.12. The third-order valence-corrected chi connectivity index (χ3v) is 1.68. The molecule has 0 unspecified atom stereocenters. The zero-order valence-corrected chi connectivity index (χ0v) is 8.27. The number of hydrogen-bond donors (Lipinski definition) is 0. The first kappa shape index (κ1) is 12.5. The second-order valence-corrected chi connectivity index (χ2v) is 3.13. The molecule has 6 heteroatoms. The summed E-state index contributed by atoms with van der Waals surface area (Å²) in [5, 5.41) is 0. The normalized spacial score (nSPS) is 11.3. The third-order valence-electron chi connectivity index (χ3n) is 1.68. The van der Waals surface area contributed by atoms with Crippen LogP contribution in [-0.4, -0.2) is 12.4 Å². The number of carbonyl (C=O) groups is 1. The summed E-state index contributed by atoms with van der Waals surface area (Å²) in [6.07, 6.45) is -4.71. The number of ketones is 1. The molecule has 1 rings (SSSR count). The molecule has 1 aromatic rings. The molecule has 2 nitrogen and oxygen atoms in total. The van der Waals surface area contributed by atoms with E-state index in [1.807, 2.05) is 0 Å². The van der Waals surface area contributed by atoms with Gasteiger partial charge in [0.25, 0.3) is 0 Å². The van der Waals surface area contributed by atoms with Gasteiger partial charge in [0.15, 0.2) is 5.78 Å². The number of halogens is 4. The van der Waals surface area contributed by atoms with Crippen molar-refractivity contribution >= 4 is 5.78 Å². The maximum atomic E-state index is 12.7. The average Bonchev–Trinajstić information content (AvgIpc) is 2.14. The SMILES string of the molecule is CC(=O)COc1ccc(F)cc1C(F)(F)F. The van der Waals surface area contributed by atoms with Crippen molar-refractivity contribution in [1.82, 2.24) is 0 Å². The zero-order valence-electron chi connectivity index (χ0n) is 8.27. The lowest BCUT2D eigenvalue weighted by molar-refractivity contribution is -0.139. The molecule has 0 aliphatic rings. The Labute approximate surface area is 88.8 Å². The first-order valence-electron chi connectivity index (χ1n) is 4.29. The number of ether oxygens (including phenoxy) is 1. The molecule has 0 saturated carbocycles. The van der Waals surface area contributed by atoms with Gasteiger partial charge in [-0.05, 0) is 25.1 Å². The van der Waals surface area contributed by atoms with Crippen LogP contribution in [0.2, 0.25) is 0 Å². The van der Waals surface area contributed by atoms with E-state index in [-0.39, 0.29) is 0 Å². The molecule has 0 aliphatic heterocycles. The van der Waals surface area contributed by atoms with Crippen molar-refractivity contribution in [2.75, 3.05) is 6.61 Å². The lowest BCUT2D eigenvalue weighted by Gasteiger charge is -2.12. The largest absolute Gasteiger partial charge is 0.485 e. The predicted octanol–water partition coefficient (Wildman–Crippen LogP) is 2.81. The summed E-state index contributed by atoms with van der Waals surface area (Å²) in [6, 6.07) is 2.02. The van der Waals surface area contributed by atoms with Gasteiger partial charge in [0.2, 0.25) is 0 Å². The van der Waals surface area contributed by atoms with Crippen LogP contribution < -0.4 is 4.74 Å². The number of carbonyl (C=O) groups excluding carboxylic acids is 1. The van der Waals surface area contributed by atoms with Crippen LogP contribution >= 0.6 is 0 Å². The van der Waals surface area contributed by atoms with Crippen LogP contribution in [-0.2, 0) is 11.0 Å². The van der Waals surface area contributed by atoms with Crippen LogP contribution in [0, 0.1) is 5.82 Å². The van der Waals surface area contributed by atoms with Crippen LogP contribution in [0.15, 0.2) is 18.2 Å². The Bertz CT molecular complexity index is 398. The Morgan fingerprint density at radius 2 is 2.00 bits per heavy atom.